The van der Waals surface area contributed by atoms with Crippen molar-refractivity contribution in [1.29, 1.82) is 0 Å². The summed E-state index contributed by atoms with van der Waals surface area (Å²) in [5.41, 5.74) is 5.80. The number of ether oxygens (including phenoxy) is 1. The number of esters is 1. The first-order valence-corrected chi connectivity index (χ1v) is 8.97. The van der Waals surface area contributed by atoms with Gasteiger partial charge in [0.15, 0.2) is 0 Å². The molecule has 0 spiro atoms. The number of nitrogens with two attached hydrogens (primary N) is 1. The molecule has 7 nitrogen and oxygen atoms in total. The van der Waals surface area contributed by atoms with Crippen molar-refractivity contribution in [3.8, 4) is 0 Å². The van der Waals surface area contributed by atoms with Gasteiger partial charge < -0.3 is 10.5 Å². The number of carbonyl (C=O) groups is 1. The van der Waals surface area contributed by atoms with Gasteiger partial charge in [-0.05, 0) is 25.0 Å². The minimum Gasteiger partial charge on any atom is -0.468 e. The number of para-hydroxylation sites is 1. The van der Waals surface area contributed by atoms with E-state index < -0.39 is 22.0 Å². The average molecular weight is 360 g/mol. The summed E-state index contributed by atoms with van der Waals surface area (Å²) in [7, 11) is -2.66. The van der Waals surface area contributed by atoms with Crippen LogP contribution in [0.15, 0.2) is 34.2 Å². The van der Waals surface area contributed by atoms with Gasteiger partial charge in [-0.15, -0.1) is 11.6 Å². The Morgan fingerprint density at radius 3 is 2.83 bits per heavy atom. The summed E-state index contributed by atoms with van der Waals surface area (Å²) in [5, 5.41) is 0. The van der Waals surface area contributed by atoms with Crippen LogP contribution < -0.4 is 5.73 Å². The first kappa shape index (κ1) is 17.7. The first-order chi connectivity index (χ1) is 10.9. The van der Waals surface area contributed by atoms with Gasteiger partial charge in [-0.1, -0.05) is 12.1 Å². The zero-order valence-electron chi connectivity index (χ0n) is 12.6. The first-order valence-electron chi connectivity index (χ1n) is 6.99. The van der Waals surface area contributed by atoms with Crippen molar-refractivity contribution >= 4 is 39.1 Å². The van der Waals surface area contributed by atoms with Crippen LogP contribution in [0.25, 0.3) is 0 Å². The molecule has 1 unspecified atom stereocenters. The van der Waals surface area contributed by atoms with Gasteiger partial charge in [-0.3, -0.25) is 4.79 Å². The molecule has 1 aliphatic rings. The third kappa shape index (κ3) is 3.65. The molecule has 1 aliphatic heterocycles. The summed E-state index contributed by atoms with van der Waals surface area (Å²) in [5.74, 6) is -0.462. The van der Waals surface area contributed by atoms with E-state index >= 15 is 0 Å². The maximum absolute atomic E-state index is 12.9. The fourth-order valence-electron chi connectivity index (χ4n) is 2.48. The van der Waals surface area contributed by atoms with Crippen LogP contribution >= 0.6 is 11.6 Å². The van der Waals surface area contributed by atoms with Crippen molar-refractivity contribution in [3.05, 3.63) is 24.3 Å². The van der Waals surface area contributed by atoms with Gasteiger partial charge in [0, 0.05) is 6.54 Å². The van der Waals surface area contributed by atoms with E-state index in [1.54, 1.807) is 12.1 Å². The van der Waals surface area contributed by atoms with E-state index in [2.05, 4.69) is 4.99 Å². The second-order valence-corrected chi connectivity index (χ2v) is 7.13. The van der Waals surface area contributed by atoms with E-state index in [1.165, 1.54) is 19.2 Å². The second kappa shape index (κ2) is 7.29. The quantitative estimate of drug-likeness (QED) is 0.369. The number of halogens is 1. The molecule has 1 atom stereocenters. The SMILES string of the molecule is COC(=O)C1CCCN1S(=O)(=O)c1ccccc1N=C(N)CCl. The summed E-state index contributed by atoms with van der Waals surface area (Å²) in [6.45, 7) is 0.255. The average Bonchev–Trinajstić information content (AvgIpc) is 3.04. The van der Waals surface area contributed by atoms with E-state index in [9.17, 15) is 13.2 Å². The Labute approximate surface area is 140 Å². The third-order valence-corrected chi connectivity index (χ3v) is 5.76. The normalized spacial score (nSPS) is 19.7. The van der Waals surface area contributed by atoms with Crippen molar-refractivity contribution in [1.82, 2.24) is 4.31 Å². The molecule has 1 fully saturated rings. The highest BCUT2D eigenvalue weighted by molar-refractivity contribution is 7.89. The molecule has 0 bridgehead atoms. The fourth-order valence-corrected chi connectivity index (χ4v) is 4.31. The van der Waals surface area contributed by atoms with Gasteiger partial charge in [0.1, 0.15) is 16.8 Å². The van der Waals surface area contributed by atoms with Gasteiger partial charge >= 0.3 is 5.97 Å². The standard InChI is InChI=1S/C14H18ClN3O4S/c1-22-14(19)11-6-4-8-18(11)23(20,21)12-7-3-2-5-10(12)17-13(16)9-15/h2-3,5,7,11H,4,6,8-9H2,1H3,(H2,16,17). The Bertz CT molecular complexity index is 720. The predicted octanol–water partition coefficient (Wildman–Crippen LogP) is 1.24. The number of alkyl halides is 1. The highest BCUT2D eigenvalue weighted by Crippen LogP contribution is 2.32. The topological polar surface area (TPSA) is 102 Å². The molecule has 23 heavy (non-hydrogen) atoms. The van der Waals surface area contributed by atoms with Gasteiger partial charge in [0.2, 0.25) is 10.0 Å². The number of aliphatic imine (C=N–C) groups is 1. The monoisotopic (exact) mass is 359 g/mol. The van der Waals surface area contributed by atoms with E-state index in [0.717, 1.165) is 4.31 Å². The van der Waals surface area contributed by atoms with Crippen LogP contribution in [0, 0.1) is 0 Å². The van der Waals surface area contributed by atoms with Crippen LogP contribution in [0.3, 0.4) is 0 Å². The van der Waals surface area contributed by atoms with Crippen molar-refractivity contribution in [2.75, 3.05) is 19.5 Å². The molecule has 0 radical (unpaired) electrons. The van der Waals surface area contributed by atoms with Crippen LogP contribution in [0.2, 0.25) is 0 Å². The van der Waals surface area contributed by atoms with Crippen molar-refractivity contribution in [2.45, 2.75) is 23.8 Å². The number of amidine groups is 1. The van der Waals surface area contributed by atoms with Crippen LogP contribution in [0.1, 0.15) is 12.8 Å². The van der Waals surface area contributed by atoms with Gasteiger partial charge in [0.25, 0.3) is 0 Å². The minimum absolute atomic E-state index is 0.0103. The van der Waals surface area contributed by atoms with Gasteiger partial charge in [-0.25, -0.2) is 13.4 Å². The second-order valence-electron chi connectivity index (χ2n) is 5.00. The molecule has 2 N–H and O–H groups in total. The lowest BCUT2D eigenvalue weighted by Gasteiger charge is -2.22. The summed E-state index contributed by atoms with van der Waals surface area (Å²) in [6, 6.07) is 5.40. The summed E-state index contributed by atoms with van der Waals surface area (Å²) < 4.78 is 31.7. The number of nitrogens with zero attached hydrogens (tertiary/aromatic N) is 2. The number of rotatable bonds is 5. The zero-order chi connectivity index (χ0) is 17.0. The lowest BCUT2D eigenvalue weighted by molar-refractivity contribution is -0.144. The molecule has 0 amide bonds. The Hall–Kier alpha value is -1.64. The molecule has 1 heterocycles. The molecule has 1 aromatic carbocycles. The van der Waals surface area contributed by atoms with Crippen LogP contribution in [-0.2, 0) is 19.6 Å². The number of benzene rings is 1. The molecule has 1 aromatic rings. The smallest absolute Gasteiger partial charge is 0.324 e. The van der Waals surface area contributed by atoms with E-state index in [-0.39, 0.29) is 28.8 Å². The highest BCUT2D eigenvalue weighted by atomic mass is 35.5. The summed E-state index contributed by atoms with van der Waals surface area (Å²) >= 11 is 5.60. The van der Waals surface area contributed by atoms with Crippen molar-refractivity contribution in [2.24, 2.45) is 10.7 Å². The van der Waals surface area contributed by atoms with Crippen molar-refractivity contribution < 1.29 is 17.9 Å². The molecule has 0 aliphatic carbocycles. The number of hydrogen-bond donors (Lipinski definition) is 1. The Balaban J connectivity index is 2.46. The molecular weight excluding hydrogens is 342 g/mol. The maximum Gasteiger partial charge on any atom is 0.324 e. The lowest BCUT2D eigenvalue weighted by atomic mass is 10.2. The van der Waals surface area contributed by atoms with Gasteiger partial charge in [0.05, 0.1) is 18.7 Å². The summed E-state index contributed by atoms with van der Waals surface area (Å²) in [4.78, 5) is 15.9. The highest BCUT2D eigenvalue weighted by Gasteiger charge is 2.40. The van der Waals surface area contributed by atoms with Crippen LogP contribution in [0.4, 0.5) is 5.69 Å². The van der Waals surface area contributed by atoms with Gasteiger partial charge in [-0.2, -0.15) is 4.31 Å². The van der Waals surface area contributed by atoms with E-state index in [4.69, 9.17) is 22.1 Å². The number of methoxy groups -OCH3 is 1. The molecule has 126 valence electrons. The molecule has 1 saturated heterocycles. The summed E-state index contributed by atoms with van der Waals surface area (Å²) in [6.07, 6.45) is 1.02. The largest absolute Gasteiger partial charge is 0.468 e. The Morgan fingerprint density at radius 2 is 2.17 bits per heavy atom. The number of hydrogen-bond acceptors (Lipinski definition) is 5. The maximum atomic E-state index is 12.9. The van der Waals surface area contributed by atoms with Crippen LogP contribution in [0.5, 0.6) is 0 Å². The predicted molar refractivity (Wildman–Crippen MR) is 87.4 cm³/mol. The third-order valence-electron chi connectivity index (χ3n) is 3.53. The van der Waals surface area contributed by atoms with E-state index in [0.29, 0.717) is 12.8 Å². The minimum atomic E-state index is -3.90. The molecule has 0 aromatic heterocycles. The Morgan fingerprint density at radius 1 is 1.48 bits per heavy atom. The Kier molecular flexibility index (Phi) is 5.61. The number of sulfonamides is 1. The molecule has 9 heteroatoms. The zero-order valence-corrected chi connectivity index (χ0v) is 14.2. The van der Waals surface area contributed by atoms with Crippen molar-refractivity contribution in [3.63, 3.8) is 0 Å². The van der Waals surface area contributed by atoms with E-state index in [1.807, 2.05) is 0 Å². The lowest BCUT2D eigenvalue weighted by Crippen LogP contribution is -2.41. The molecule has 0 saturated carbocycles. The molecular formula is C14H18ClN3O4S. The van der Waals surface area contributed by atoms with Crippen LogP contribution in [-0.4, -0.2) is 50.1 Å². The molecule has 2 rings (SSSR count). The fraction of sp³-hybridized carbons (Fsp3) is 0.429. The number of carbonyl (C=O) groups excluding carboxylic acids is 1.